The highest BCUT2D eigenvalue weighted by atomic mass is 35.5. The van der Waals surface area contributed by atoms with Gasteiger partial charge < -0.3 is 4.98 Å². The molecule has 2 N–H and O–H groups in total. The number of aromatic nitrogens is 2. The van der Waals surface area contributed by atoms with Crippen LogP contribution in [0.15, 0.2) is 17.6 Å². The van der Waals surface area contributed by atoms with Crippen LogP contribution in [0.2, 0.25) is 0 Å². The molecule has 0 saturated heterocycles. The predicted molar refractivity (Wildman–Crippen MR) is 53.7 cm³/mol. The van der Waals surface area contributed by atoms with Crippen LogP contribution in [-0.4, -0.2) is 30.8 Å². The average Bonchev–Trinajstić information content (AvgIpc) is 2.65. The summed E-state index contributed by atoms with van der Waals surface area (Å²) in [7, 11) is -3.41. The summed E-state index contributed by atoms with van der Waals surface area (Å²) in [5, 5.41) is 0.0865. The van der Waals surface area contributed by atoms with Gasteiger partial charge in [0.15, 0.2) is 5.03 Å². The van der Waals surface area contributed by atoms with Gasteiger partial charge in [-0.3, -0.25) is 0 Å². The molecular weight excluding hydrogens is 226 g/mol. The molecule has 1 heterocycles. The number of hydrogen-bond donors (Lipinski definition) is 2. The van der Waals surface area contributed by atoms with Gasteiger partial charge in [-0.05, 0) is 12.8 Å². The fourth-order valence-corrected chi connectivity index (χ4v) is 2.06. The van der Waals surface area contributed by atoms with Gasteiger partial charge in [-0.2, -0.15) is 0 Å². The summed E-state index contributed by atoms with van der Waals surface area (Å²) in [5.41, 5.74) is 0. The van der Waals surface area contributed by atoms with Crippen molar-refractivity contribution in [2.45, 2.75) is 17.9 Å². The Morgan fingerprint density at radius 3 is 2.86 bits per heavy atom. The fourth-order valence-electron chi connectivity index (χ4n) is 0.894. The van der Waals surface area contributed by atoms with Crippen LogP contribution < -0.4 is 4.72 Å². The summed E-state index contributed by atoms with van der Waals surface area (Å²) in [4.78, 5) is 6.17. The molecule has 0 aliphatic heterocycles. The van der Waals surface area contributed by atoms with Gasteiger partial charge in [-0.1, -0.05) is 0 Å². The van der Waals surface area contributed by atoms with Crippen molar-refractivity contribution in [3.63, 3.8) is 0 Å². The maximum atomic E-state index is 11.4. The first-order valence-electron chi connectivity index (χ1n) is 4.21. The van der Waals surface area contributed by atoms with Crippen LogP contribution >= 0.6 is 11.6 Å². The molecule has 0 radical (unpaired) electrons. The number of imidazole rings is 1. The molecule has 7 heteroatoms. The lowest BCUT2D eigenvalue weighted by Crippen LogP contribution is -2.25. The average molecular weight is 238 g/mol. The van der Waals surface area contributed by atoms with E-state index in [1.807, 2.05) is 0 Å². The first kappa shape index (κ1) is 11.5. The van der Waals surface area contributed by atoms with Gasteiger partial charge in [0.05, 0.1) is 12.5 Å². The molecular formula is C7H12ClN3O2S. The number of unbranched alkanes of at least 4 members (excludes halogenated alkanes) is 1. The summed E-state index contributed by atoms with van der Waals surface area (Å²) < 4.78 is 25.3. The van der Waals surface area contributed by atoms with E-state index < -0.39 is 10.0 Å². The maximum Gasteiger partial charge on any atom is 0.257 e. The van der Waals surface area contributed by atoms with E-state index in [9.17, 15) is 8.42 Å². The number of aromatic amines is 1. The molecule has 1 aromatic heterocycles. The molecule has 80 valence electrons. The lowest BCUT2D eigenvalue weighted by Gasteiger charge is -2.02. The lowest BCUT2D eigenvalue weighted by molar-refractivity contribution is 0.575. The van der Waals surface area contributed by atoms with E-state index in [0.29, 0.717) is 12.4 Å². The van der Waals surface area contributed by atoms with Crippen LogP contribution in [0, 0.1) is 0 Å². The minimum absolute atomic E-state index is 0.0865. The number of hydrogen-bond acceptors (Lipinski definition) is 3. The second-order valence-electron chi connectivity index (χ2n) is 2.71. The summed E-state index contributed by atoms with van der Waals surface area (Å²) in [6.07, 6.45) is 4.13. The molecule has 0 aliphatic rings. The van der Waals surface area contributed by atoms with Crippen molar-refractivity contribution in [2.24, 2.45) is 0 Å². The summed E-state index contributed by atoms with van der Waals surface area (Å²) in [6.45, 7) is 0.397. The Morgan fingerprint density at radius 2 is 2.29 bits per heavy atom. The molecule has 5 nitrogen and oxygen atoms in total. The maximum absolute atomic E-state index is 11.4. The van der Waals surface area contributed by atoms with Crippen molar-refractivity contribution < 1.29 is 8.42 Å². The molecule has 0 amide bonds. The third-order valence-electron chi connectivity index (χ3n) is 1.62. The quantitative estimate of drug-likeness (QED) is 0.565. The van der Waals surface area contributed by atoms with E-state index in [-0.39, 0.29) is 5.03 Å². The van der Waals surface area contributed by atoms with Crippen LogP contribution in [0.5, 0.6) is 0 Å². The third-order valence-corrected chi connectivity index (χ3v) is 3.27. The highest BCUT2D eigenvalue weighted by Crippen LogP contribution is 2.01. The Morgan fingerprint density at radius 1 is 1.50 bits per heavy atom. The molecule has 0 aliphatic carbocycles. The van der Waals surface area contributed by atoms with Gasteiger partial charge in [0, 0.05) is 12.4 Å². The van der Waals surface area contributed by atoms with Crippen molar-refractivity contribution in [1.29, 1.82) is 0 Å². The van der Waals surface area contributed by atoms with E-state index >= 15 is 0 Å². The lowest BCUT2D eigenvalue weighted by atomic mass is 10.3. The normalized spacial score (nSPS) is 11.8. The summed E-state index contributed by atoms with van der Waals surface area (Å²) in [6, 6.07) is 0. The standard InChI is InChI=1S/C7H12ClN3O2S/c8-3-1-2-4-11-14(12,13)7-5-9-6-10-7/h5-6,11H,1-4H2,(H,9,10). The van der Waals surface area contributed by atoms with Crippen LogP contribution in [0.4, 0.5) is 0 Å². The Hall–Kier alpha value is -0.590. The van der Waals surface area contributed by atoms with E-state index in [1.54, 1.807) is 0 Å². The molecule has 0 fully saturated rings. The van der Waals surface area contributed by atoms with Crippen LogP contribution in [0.25, 0.3) is 0 Å². The molecule has 0 atom stereocenters. The van der Waals surface area contributed by atoms with Gasteiger partial charge >= 0.3 is 0 Å². The Bertz CT molecular complexity index is 349. The number of H-pyrrole nitrogens is 1. The minimum Gasteiger partial charge on any atom is -0.335 e. The van der Waals surface area contributed by atoms with Gasteiger partial charge in [-0.15, -0.1) is 11.6 Å². The zero-order valence-electron chi connectivity index (χ0n) is 7.53. The second-order valence-corrected chi connectivity index (χ2v) is 4.82. The van der Waals surface area contributed by atoms with Crippen molar-refractivity contribution in [1.82, 2.24) is 14.7 Å². The van der Waals surface area contributed by atoms with Gasteiger partial charge in [0.1, 0.15) is 0 Å². The number of halogens is 1. The largest absolute Gasteiger partial charge is 0.335 e. The van der Waals surface area contributed by atoms with Crippen molar-refractivity contribution in [3.05, 3.63) is 12.5 Å². The van der Waals surface area contributed by atoms with Gasteiger partial charge in [-0.25, -0.2) is 18.1 Å². The number of sulfonamides is 1. The number of nitrogens with zero attached hydrogens (tertiary/aromatic N) is 1. The topological polar surface area (TPSA) is 74.8 Å². The number of rotatable bonds is 6. The Labute approximate surface area is 87.9 Å². The SMILES string of the molecule is O=S(=O)(NCCCCCl)c1cnc[nH]1. The fraction of sp³-hybridized carbons (Fsp3) is 0.571. The first-order chi connectivity index (χ1) is 6.67. The van der Waals surface area contributed by atoms with E-state index in [0.717, 1.165) is 12.8 Å². The minimum atomic E-state index is -3.41. The molecule has 0 unspecified atom stereocenters. The van der Waals surface area contributed by atoms with Crippen LogP contribution in [0.1, 0.15) is 12.8 Å². The molecule has 1 aromatic rings. The second kappa shape index (κ2) is 5.33. The van der Waals surface area contributed by atoms with Crippen molar-refractivity contribution >= 4 is 21.6 Å². The smallest absolute Gasteiger partial charge is 0.257 e. The van der Waals surface area contributed by atoms with Crippen LogP contribution in [0.3, 0.4) is 0 Å². The third kappa shape index (κ3) is 3.28. The van der Waals surface area contributed by atoms with E-state index in [1.165, 1.54) is 12.5 Å². The van der Waals surface area contributed by atoms with E-state index in [4.69, 9.17) is 11.6 Å². The van der Waals surface area contributed by atoms with Gasteiger partial charge in [0.25, 0.3) is 10.0 Å². The highest BCUT2D eigenvalue weighted by molar-refractivity contribution is 7.89. The van der Waals surface area contributed by atoms with Crippen molar-refractivity contribution in [3.8, 4) is 0 Å². The molecule has 1 rings (SSSR count). The first-order valence-corrected chi connectivity index (χ1v) is 6.22. The Balaban J connectivity index is 2.44. The summed E-state index contributed by atoms with van der Waals surface area (Å²) >= 11 is 5.46. The monoisotopic (exact) mass is 237 g/mol. The Kier molecular flexibility index (Phi) is 4.37. The predicted octanol–water partition coefficient (Wildman–Crippen LogP) is 0.707. The molecule has 0 bridgehead atoms. The van der Waals surface area contributed by atoms with Crippen molar-refractivity contribution in [2.75, 3.05) is 12.4 Å². The summed E-state index contributed by atoms with van der Waals surface area (Å²) in [5.74, 6) is 0.547. The van der Waals surface area contributed by atoms with E-state index in [2.05, 4.69) is 14.7 Å². The molecule has 0 aromatic carbocycles. The zero-order valence-corrected chi connectivity index (χ0v) is 9.11. The zero-order chi connectivity index (χ0) is 10.4. The molecule has 0 spiro atoms. The number of nitrogens with one attached hydrogen (secondary N) is 2. The van der Waals surface area contributed by atoms with Crippen LogP contribution in [-0.2, 0) is 10.0 Å². The highest BCUT2D eigenvalue weighted by Gasteiger charge is 2.13. The molecule has 14 heavy (non-hydrogen) atoms. The van der Waals surface area contributed by atoms with Gasteiger partial charge in [0.2, 0.25) is 0 Å². The molecule has 0 saturated carbocycles. The number of alkyl halides is 1.